The van der Waals surface area contributed by atoms with Crippen LogP contribution in [0.25, 0.3) is 0 Å². The molecule has 0 amide bonds. The van der Waals surface area contributed by atoms with Gasteiger partial charge in [-0.15, -0.1) is 23.2 Å². The van der Waals surface area contributed by atoms with E-state index in [1.807, 2.05) is 62.4 Å². The fourth-order valence-corrected chi connectivity index (χ4v) is 3.72. The van der Waals surface area contributed by atoms with Crippen molar-refractivity contribution in [3.63, 3.8) is 0 Å². The van der Waals surface area contributed by atoms with Gasteiger partial charge in [0.25, 0.3) is 0 Å². The Morgan fingerprint density at radius 3 is 1.56 bits per heavy atom. The SMILES string of the molecule is Cc1ccccc1OC[C@@H](Cl)CSC[C@H](Cl)COc1ccccc1C. The molecule has 0 heterocycles. The number of thioether (sulfide) groups is 1. The van der Waals surface area contributed by atoms with Gasteiger partial charge >= 0.3 is 0 Å². The number of hydrogen-bond donors (Lipinski definition) is 0. The lowest BCUT2D eigenvalue weighted by atomic mass is 10.2. The number of para-hydroxylation sites is 2. The van der Waals surface area contributed by atoms with Crippen LogP contribution >= 0.6 is 35.0 Å². The van der Waals surface area contributed by atoms with Crippen molar-refractivity contribution in [2.75, 3.05) is 24.7 Å². The van der Waals surface area contributed by atoms with Crippen molar-refractivity contribution in [3.8, 4) is 11.5 Å². The van der Waals surface area contributed by atoms with Gasteiger partial charge in [0, 0.05) is 11.5 Å². The Kier molecular flexibility index (Phi) is 8.80. The minimum atomic E-state index is -0.0502. The molecule has 5 heteroatoms. The van der Waals surface area contributed by atoms with Crippen LogP contribution in [0.4, 0.5) is 0 Å². The van der Waals surface area contributed by atoms with Gasteiger partial charge in [-0.05, 0) is 37.1 Å². The Hall–Kier alpha value is -1.03. The normalized spacial score (nSPS) is 13.3. The van der Waals surface area contributed by atoms with Crippen LogP contribution in [0.2, 0.25) is 0 Å². The Morgan fingerprint density at radius 2 is 1.16 bits per heavy atom. The molecule has 0 fully saturated rings. The van der Waals surface area contributed by atoms with Crippen LogP contribution in [-0.4, -0.2) is 35.5 Å². The van der Waals surface area contributed by atoms with Crippen LogP contribution in [0.15, 0.2) is 48.5 Å². The second kappa shape index (κ2) is 10.8. The number of hydrogen-bond acceptors (Lipinski definition) is 3. The summed E-state index contributed by atoms with van der Waals surface area (Å²) in [6, 6.07) is 15.9. The van der Waals surface area contributed by atoms with Crippen molar-refractivity contribution in [1.82, 2.24) is 0 Å². The van der Waals surface area contributed by atoms with E-state index in [4.69, 9.17) is 32.7 Å². The predicted octanol–water partition coefficient (Wildman–Crippen LogP) is 5.71. The predicted molar refractivity (Wildman–Crippen MR) is 110 cm³/mol. The van der Waals surface area contributed by atoms with Crippen LogP contribution in [0.5, 0.6) is 11.5 Å². The summed E-state index contributed by atoms with van der Waals surface area (Å²) in [5.41, 5.74) is 2.24. The summed E-state index contributed by atoms with van der Waals surface area (Å²) in [5.74, 6) is 3.36. The van der Waals surface area contributed by atoms with E-state index in [2.05, 4.69) is 0 Å². The average Bonchev–Trinajstić information content (AvgIpc) is 2.60. The van der Waals surface area contributed by atoms with Crippen molar-refractivity contribution in [3.05, 3.63) is 59.7 Å². The number of rotatable bonds is 10. The topological polar surface area (TPSA) is 18.5 Å². The minimum Gasteiger partial charge on any atom is -0.492 e. The number of aryl methyl sites for hydroxylation is 2. The Bertz CT molecular complexity index is 596. The highest BCUT2D eigenvalue weighted by molar-refractivity contribution is 7.99. The maximum atomic E-state index is 6.34. The zero-order chi connectivity index (χ0) is 18.1. The molecule has 136 valence electrons. The molecule has 0 N–H and O–H groups in total. The molecule has 0 aromatic heterocycles. The van der Waals surface area contributed by atoms with Gasteiger partial charge < -0.3 is 9.47 Å². The van der Waals surface area contributed by atoms with Gasteiger partial charge in [0.05, 0.1) is 10.8 Å². The summed E-state index contributed by atoms with van der Waals surface area (Å²) in [5, 5.41) is -0.100. The van der Waals surface area contributed by atoms with Crippen LogP contribution < -0.4 is 9.47 Å². The summed E-state index contributed by atoms with van der Waals surface area (Å²) >= 11 is 14.4. The molecule has 0 unspecified atom stereocenters. The molecule has 0 aliphatic heterocycles. The zero-order valence-corrected chi connectivity index (χ0v) is 16.9. The van der Waals surface area contributed by atoms with E-state index < -0.39 is 0 Å². The van der Waals surface area contributed by atoms with Crippen molar-refractivity contribution in [2.24, 2.45) is 0 Å². The zero-order valence-electron chi connectivity index (χ0n) is 14.6. The first-order valence-corrected chi connectivity index (χ1v) is 10.3. The molecule has 0 bridgehead atoms. The number of halogens is 2. The van der Waals surface area contributed by atoms with E-state index in [1.54, 1.807) is 11.8 Å². The first-order chi connectivity index (χ1) is 12.1. The molecular formula is C20H24Cl2O2S. The lowest BCUT2D eigenvalue weighted by molar-refractivity contribution is 0.318. The summed E-state index contributed by atoms with van der Waals surface area (Å²) < 4.78 is 11.5. The molecule has 25 heavy (non-hydrogen) atoms. The molecule has 0 saturated carbocycles. The summed E-state index contributed by atoms with van der Waals surface area (Å²) in [6.07, 6.45) is 0. The van der Waals surface area contributed by atoms with E-state index >= 15 is 0 Å². The summed E-state index contributed by atoms with van der Waals surface area (Å²) in [4.78, 5) is 0. The fraction of sp³-hybridized carbons (Fsp3) is 0.400. The molecule has 2 rings (SSSR count). The number of alkyl halides is 2. The van der Waals surface area contributed by atoms with Crippen LogP contribution in [0, 0.1) is 13.8 Å². The molecule has 2 atom stereocenters. The molecule has 0 spiro atoms. The monoisotopic (exact) mass is 398 g/mol. The van der Waals surface area contributed by atoms with Gasteiger partial charge in [-0.2, -0.15) is 11.8 Å². The number of benzene rings is 2. The molecule has 0 aliphatic carbocycles. The molecular weight excluding hydrogens is 375 g/mol. The number of ether oxygens (including phenoxy) is 2. The molecule has 2 nitrogen and oxygen atoms in total. The third-order valence-electron chi connectivity index (χ3n) is 3.62. The van der Waals surface area contributed by atoms with Gasteiger partial charge in [0.1, 0.15) is 24.7 Å². The Morgan fingerprint density at radius 1 is 0.760 bits per heavy atom. The smallest absolute Gasteiger partial charge is 0.122 e. The lowest BCUT2D eigenvalue weighted by Gasteiger charge is -2.15. The van der Waals surface area contributed by atoms with Crippen LogP contribution in [-0.2, 0) is 0 Å². The van der Waals surface area contributed by atoms with Crippen molar-refractivity contribution in [1.29, 1.82) is 0 Å². The van der Waals surface area contributed by atoms with Gasteiger partial charge in [-0.3, -0.25) is 0 Å². The quantitative estimate of drug-likeness (QED) is 0.477. The van der Waals surface area contributed by atoms with Gasteiger partial charge in [0.2, 0.25) is 0 Å². The second-order valence-corrected chi connectivity index (χ2v) is 8.19. The lowest BCUT2D eigenvalue weighted by Crippen LogP contribution is -2.18. The van der Waals surface area contributed by atoms with E-state index in [1.165, 1.54) is 0 Å². The van der Waals surface area contributed by atoms with E-state index in [0.29, 0.717) is 13.2 Å². The highest BCUT2D eigenvalue weighted by Crippen LogP contribution is 2.20. The average molecular weight is 399 g/mol. The van der Waals surface area contributed by atoms with Gasteiger partial charge in [-0.25, -0.2) is 0 Å². The molecule has 2 aromatic rings. The largest absolute Gasteiger partial charge is 0.492 e. The highest BCUT2D eigenvalue weighted by atomic mass is 35.5. The van der Waals surface area contributed by atoms with Crippen LogP contribution in [0.1, 0.15) is 11.1 Å². The van der Waals surface area contributed by atoms with Gasteiger partial charge in [-0.1, -0.05) is 36.4 Å². The fourth-order valence-electron chi connectivity index (χ4n) is 2.22. The van der Waals surface area contributed by atoms with Crippen molar-refractivity contribution in [2.45, 2.75) is 24.6 Å². The summed E-state index contributed by atoms with van der Waals surface area (Å²) in [6.45, 7) is 5.04. The molecule has 0 aliphatic rings. The maximum Gasteiger partial charge on any atom is 0.122 e. The molecule has 2 aromatic carbocycles. The van der Waals surface area contributed by atoms with E-state index in [9.17, 15) is 0 Å². The Balaban J connectivity index is 1.61. The van der Waals surface area contributed by atoms with Crippen molar-refractivity contribution >= 4 is 35.0 Å². The molecule has 0 radical (unpaired) electrons. The van der Waals surface area contributed by atoms with Crippen molar-refractivity contribution < 1.29 is 9.47 Å². The standard InChI is InChI=1S/C20H24Cl2O2S/c1-15-7-3-5-9-19(15)23-11-17(21)13-25-14-18(22)12-24-20-10-6-4-8-16(20)2/h3-10,17-18H,11-14H2,1-2H3/t17-,18-/m1/s1. The molecule has 0 saturated heterocycles. The second-order valence-electron chi connectivity index (χ2n) is 5.89. The first-order valence-electron chi connectivity index (χ1n) is 8.29. The Labute approximate surface area is 164 Å². The minimum absolute atomic E-state index is 0.0502. The summed E-state index contributed by atoms with van der Waals surface area (Å²) in [7, 11) is 0. The maximum absolute atomic E-state index is 6.34. The first kappa shape index (κ1) is 20.3. The third-order valence-corrected chi connectivity index (χ3v) is 5.83. The van der Waals surface area contributed by atoms with E-state index in [0.717, 1.165) is 34.1 Å². The third kappa shape index (κ3) is 7.39. The highest BCUT2D eigenvalue weighted by Gasteiger charge is 2.11. The van der Waals surface area contributed by atoms with Crippen LogP contribution in [0.3, 0.4) is 0 Å². The van der Waals surface area contributed by atoms with E-state index in [-0.39, 0.29) is 10.8 Å². The van der Waals surface area contributed by atoms with Gasteiger partial charge in [0.15, 0.2) is 0 Å².